The number of hydrogen-bond donors (Lipinski definition) is 1. The van der Waals surface area contributed by atoms with E-state index < -0.39 is 10.0 Å². The number of rotatable bonds is 5. The van der Waals surface area contributed by atoms with E-state index in [1.54, 1.807) is 18.2 Å². The van der Waals surface area contributed by atoms with Gasteiger partial charge < -0.3 is 5.32 Å². The van der Waals surface area contributed by atoms with Gasteiger partial charge in [-0.15, -0.1) is 0 Å². The molecule has 122 valence electrons. The van der Waals surface area contributed by atoms with Crippen LogP contribution in [0.4, 0.5) is 0 Å². The number of hydrogen-bond acceptors (Lipinski definition) is 3. The molecule has 2 atom stereocenters. The number of carbonyl (C=O) groups excluding carboxylic acids is 1. The first-order valence-corrected chi connectivity index (χ1v) is 9.16. The van der Waals surface area contributed by atoms with Crippen molar-refractivity contribution in [2.45, 2.75) is 43.5 Å². The SMILES string of the molecule is C[C@@H]1CCCC[C@H]1NC(=O)CN(C)S(=O)(=O)c1ccccc1. The van der Waals surface area contributed by atoms with Crippen LogP contribution in [-0.4, -0.2) is 38.3 Å². The Hall–Kier alpha value is -1.40. The van der Waals surface area contributed by atoms with E-state index in [-0.39, 0.29) is 23.4 Å². The van der Waals surface area contributed by atoms with Gasteiger partial charge >= 0.3 is 0 Å². The Morgan fingerprint density at radius 1 is 1.23 bits per heavy atom. The Balaban J connectivity index is 1.96. The highest BCUT2D eigenvalue weighted by atomic mass is 32.2. The molecule has 0 unspecified atom stereocenters. The third kappa shape index (κ3) is 4.08. The molecule has 0 spiro atoms. The Labute approximate surface area is 132 Å². The van der Waals surface area contributed by atoms with Crippen molar-refractivity contribution in [3.63, 3.8) is 0 Å². The van der Waals surface area contributed by atoms with Crippen LogP contribution in [0.15, 0.2) is 35.2 Å². The molecule has 1 saturated carbocycles. The summed E-state index contributed by atoms with van der Waals surface area (Å²) < 4.78 is 25.8. The van der Waals surface area contributed by atoms with Crippen molar-refractivity contribution >= 4 is 15.9 Å². The van der Waals surface area contributed by atoms with Crippen LogP contribution in [0.1, 0.15) is 32.6 Å². The quantitative estimate of drug-likeness (QED) is 0.901. The third-order valence-corrected chi connectivity index (χ3v) is 6.09. The van der Waals surface area contributed by atoms with Crippen molar-refractivity contribution < 1.29 is 13.2 Å². The Kier molecular flexibility index (Phi) is 5.58. The van der Waals surface area contributed by atoms with Crippen LogP contribution in [0.3, 0.4) is 0 Å². The molecule has 0 bridgehead atoms. The topological polar surface area (TPSA) is 66.5 Å². The maximum atomic E-state index is 12.4. The minimum absolute atomic E-state index is 0.152. The molecule has 0 aliphatic heterocycles. The van der Waals surface area contributed by atoms with Crippen LogP contribution in [0.2, 0.25) is 0 Å². The molecule has 22 heavy (non-hydrogen) atoms. The lowest BCUT2D eigenvalue weighted by atomic mass is 9.86. The Bertz CT molecular complexity index is 601. The minimum atomic E-state index is -3.62. The van der Waals surface area contributed by atoms with E-state index in [9.17, 15) is 13.2 Å². The first-order valence-electron chi connectivity index (χ1n) is 7.72. The summed E-state index contributed by atoms with van der Waals surface area (Å²) in [6.07, 6.45) is 4.41. The van der Waals surface area contributed by atoms with Crippen LogP contribution < -0.4 is 5.32 Å². The van der Waals surface area contributed by atoms with Gasteiger partial charge in [-0.3, -0.25) is 4.79 Å². The van der Waals surface area contributed by atoms with Gasteiger partial charge in [-0.05, 0) is 30.9 Å². The van der Waals surface area contributed by atoms with Crippen molar-refractivity contribution in [2.24, 2.45) is 5.92 Å². The maximum Gasteiger partial charge on any atom is 0.243 e. The molecule has 1 fully saturated rings. The van der Waals surface area contributed by atoms with Crippen LogP contribution in [0.5, 0.6) is 0 Å². The average Bonchev–Trinajstić information content (AvgIpc) is 2.50. The number of nitrogens with zero attached hydrogens (tertiary/aromatic N) is 1. The largest absolute Gasteiger partial charge is 0.352 e. The summed E-state index contributed by atoms with van der Waals surface area (Å²) in [5.74, 6) is 0.217. The fraction of sp³-hybridized carbons (Fsp3) is 0.562. The number of carbonyl (C=O) groups is 1. The summed E-state index contributed by atoms with van der Waals surface area (Å²) in [6, 6.07) is 8.33. The first-order chi connectivity index (χ1) is 10.4. The molecule has 6 heteroatoms. The lowest BCUT2D eigenvalue weighted by molar-refractivity contribution is -0.122. The first kappa shape index (κ1) is 17.0. The van der Waals surface area contributed by atoms with Crippen LogP contribution in [0.25, 0.3) is 0 Å². The molecular weight excluding hydrogens is 300 g/mol. The van der Waals surface area contributed by atoms with Crippen molar-refractivity contribution in [2.75, 3.05) is 13.6 Å². The van der Waals surface area contributed by atoms with Crippen LogP contribution in [0, 0.1) is 5.92 Å². The summed E-state index contributed by atoms with van der Waals surface area (Å²) in [7, 11) is -2.18. The molecule has 0 saturated heterocycles. The molecule has 1 aromatic carbocycles. The molecule has 0 heterocycles. The molecule has 1 aliphatic rings. The van der Waals surface area contributed by atoms with Gasteiger partial charge in [-0.25, -0.2) is 8.42 Å². The fourth-order valence-corrected chi connectivity index (χ4v) is 3.99. The number of sulfonamides is 1. The van der Waals surface area contributed by atoms with Crippen LogP contribution in [-0.2, 0) is 14.8 Å². The van der Waals surface area contributed by atoms with Gasteiger partial charge in [0.25, 0.3) is 0 Å². The predicted molar refractivity (Wildman–Crippen MR) is 85.8 cm³/mol. The lowest BCUT2D eigenvalue weighted by Crippen LogP contribution is -2.46. The zero-order chi connectivity index (χ0) is 16.2. The highest BCUT2D eigenvalue weighted by Crippen LogP contribution is 2.23. The third-order valence-electron chi connectivity index (χ3n) is 4.28. The summed E-state index contributed by atoms with van der Waals surface area (Å²) in [5, 5.41) is 2.98. The fourth-order valence-electron chi connectivity index (χ4n) is 2.84. The number of amides is 1. The minimum Gasteiger partial charge on any atom is -0.352 e. The Morgan fingerprint density at radius 2 is 1.86 bits per heavy atom. The maximum absolute atomic E-state index is 12.4. The summed E-state index contributed by atoms with van der Waals surface area (Å²) in [6.45, 7) is 1.98. The van der Waals surface area contributed by atoms with Gasteiger partial charge in [-0.2, -0.15) is 4.31 Å². The molecule has 5 nitrogen and oxygen atoms in total. The van der Waals surface area contributed by atoms with E-state index in [0.29, 0.717) is 5.92 Å². The van der Waals surface area contributed by atoms with E-state index in [1.165, 1.54) is 25.6 Å². The normalized spacial score (nSPS) is 22.5. The number of benzene rings is 1. The molecule has 1 N–H and O–H groups in total. The second-order valence-corrected chi connectivity index (χ2v) is 8.05. The van der Waals surface area contributed by atoms with E-state index in [4.69, 9.17) is 0 Å². The highest BCUT2D eigenvalue weighted by molar-refractivity contribution is 7.89. The van der Waals surface area contributed by atoms with Crippen molar-refractivity contribution in [3.8, 4) is 0 Å². The smallest absolute Gasteiger partial charge is 0.243 e. The molecule has 2 rings (SSSR count). The highest BCUT2D eigenvalue weighted by Gasteiger charge is 2.26. The number of likely N-dealkylation sites (N-methyl/N-ethyl adjacent to an activating group) is 1. The van der Waals surface area contributed by atoms with Gasteiger partial charge in [0.1, 0.15) is 0 Å². The van der Waals surface area contributed by atoms with Crippen molar-refractivity contribution in [1.29, 1.82) is 0 Å². The monoisotopic (exact) mass is 324 g/mol. The van der Waals surface area contributed by atoms with Gasteiger partial charge in [0.2, 0.25) is 15.9 Å². The summed E-state index contributed by atoms with van der Waals surface area (Å²) in [4.78, 5) is 12.3. The molecule has 1 amide bonds. The second kappa shape index (κ2) is 7.24. The molecule has 0 aromatic heterocycles. The molecule has 1 aromatic rings. The summed E-state index contributed by atoms with van der Waals surface area (Å²) in [5.41, 5.74) is 0. The van der Waals surface area contributed by atoms with Crippen molar-refractivity contribution in [1.82, 2.24) is 9.62 Å². The average molecular weight is 324 g/mol. The Morgan fingerprint density at radius 3 is 2.50 bits per heavy atom. The zero-order valence-corrected chi connectivity index (χ0v) is 14.0. The van der Waals surface area contributed by atoms with Crippen LogP contribution >= 0.6 is 0 Å². The van der Waals surface area contributed by atoms with E-state index >= 15 is 0 Å². The van der Waals surface area contributed by atoms with Gasteiger partial charge in [0.15, 0.2) is 0 Å². The van der Waals surface area contributed by atoms with Gasteiger partial charge in [-0.1, -0.05) is 38.0 Å². The lowest BCUT2D eigenvalue weighted by Gasteiger charge is -2.30. The number of nitrogens with one attached hydrogen (secondary N) is 1. The molecular formula is C16H24N2O3S. The van der Waals surface area contributed by atoms with Gasteiger partial charge in [0.05, 0.1) is 11.4 Å². The molecule has 0 radical (unpaired) electrons. The van der Waals surface area contributed by atoms with E-state index in [0.717, 1.165) is 23.6 Å². The predicted octanol–water partition coefficient (Wildman–Crippen LogP) is 2.00. The standard InChI is InChI=1S/C16H24N2O3S/c1-13-8-6-7-11-15(13)17-16(19)12-18(2)22(20,21)14-9-4-3-5-10-14/h3-5,9-10,13,15H,6-8,11-12H2,1-2H3,(H,17,19)/t13-,15-/m1/s1. The van der Waals surface area contributed by atoms with E-state index in [2.05, 4.69) is 12.2 Å². The summed E-state index contributed by atoms with van der Waals surface area (Å²) >= 11 is 0. The zero-order valence-electron chi connectivity index (χ0n) is 13.2. The van der Waals surface area contributed by atoms with E-state index in [1.807, 2.05) is 0 Å². The molecule has 1 aliphatic carbocycles. The van der Waals surface area contributed by atoms with Gasteiger partial charge in [0, 0.05) is 13.1 Å². The second-order valence-electron chi connectivity index (χ2n) is 6.01. The van der Waals surface area contributed by atoms with Crippen molar-refractivity contribution in [3.05, 3.63) is 30.3 Å².